The van der Waals surface area contributed by atoms with E-state index in [9.17, 15) is 4.39 Å². The molecule has 1 fully saturated rings. The van der Waals surface area contributed by atoms with E-state index < -0.39 is 0 Å². The van der Waals surface area contributed by atoms with Gasteiger partial charge in [0.25, 0.3) is 0 Å². The number of guanidine groups is 1. The molecule has 0 bridgehead atoms. The summed E-state index contributed by atoms with van der Waals surface area (Å²) in [7, 11) is 0. The second-order valence-electron chi connectivity index (χ2n) is 7.95. The first kappa shape index (κ1) is 24.3. The van der Waals surface area contributed by atoms with Crippen molar-refractivity contribution in [3.05, 3.63) is 59.7 Å². The number of aromatic amines is 1. The van der Waals surface area contributed by atoms with Crippen LogP contribution in [0.15, 0.2) is 47.7 Å². The molecule has 0 spiro atoms. The molecule has 32 heavy (non-hydrogen) atoms. The van der Waals surface area contributed by atoms with Crippen molar-refractivity contribution < 1.29 is 4.39 Å². The number of nitrogens with zero attached hydrogens (tertiary/aromatic N) is 3. The monoisotopic (exact) mass is 550 g/mol. The minimum Gasteiger partial charge on any atom is -0.361 e. The van der Waals surface area contributed by atoms with Crippen LogP contribution < -0.4 is 15.5 Å². The number of benzene rings is 1. The van der Waals surface area contributed by atoms with E-state index in [0.29, 0.717) is 6.54 Å². The van der Waals surface area contributed by atoms with E-state index in [1.54, 1.807) is 0 Å². The van der Waals surface area contributed by atoms with Crippen molar-refractivity contribution >= 4 is 46.7 Å². The average Bonchev–Trinajstić information content (AvgIpc) is 3.20. The van der Waals surface area contributed by atoms with Crippen molar-refractivity contribution in [1.82, 2.24) is 20.6 Å². The normalized spacial score (nSPS) is 14.3. The molecule has 0 aliphatic carbocycles. The van der Waals surface area contributed by atoms with Crippen molar-refractivity contribution in [2.24, 2.45) is 4.99 Å². The largest absolute Gasteiger partial charge is 0.361 e. The molecular formula is C24H32FIN6. The molecule has 1 saturated heterocycles. The van der Waals surface area contributed by atoms with Crippen molar-refractivity contribution in [2.45, 2.75) is 39.2 Å². The molecule has 3 N–H and O–H groups in total. The zero-order valence-electron chi connectivity index (χ0n) is 18.5. The summed E-state index contributed by atoms with van der Waals surface area (Å²) in [6.45, 7) is 6.38. The van der Waals surface area contributed by atoms with E-state index in [2.05, 4.69) is 38.5 Å². The van der Waals surface area contributed by atoms with Crippen LogP contribution in [-0.4, -0.2) is 42.1 Å². The summed E-state index contributed by atoms with van der Waals surface area (Å²) in [4.78, 5) is 14.8. The predicted molar refractivity (Wildman–Crippen MR) is 140 cm³/mol. The Labute approximate surface area is 206 Å². The Morgan fingerprint density at radius 1 is 1.16 bits per heavy atom. The fourth-order valence-corrected chi connectivity index (χ4v) is 4.05. The Morgan fingerprint density at radius 3 is 2.81 bits per heavy atom. The SMILES string of the molecule is CCNC(=NCc1ccnc(N2CCCCC2)c1)NCCc1c[nH]c2cc(F)ccc12.I. The van der Waals surface area contributed by atoms with Crippen molar-refractivity contribution in [1.29, 1.82) is 0 Å². The molecule has 8 heteroatoms. The fourth-order valence-electron chi connectivity index (χ4n) is 4.05. The van der Waals surface area contributed by atoms with Gasteiger partial charge in [-0.2, -0.15) is 0 Å². The second-order valence-corrected chi connectivity index (χ2v) is 7.95. The van der Waals surface area contributed by atoms with E-state index in [-0.39, 0.29) is 29.8 Å². The molecule has 0 unspecified atom stereocenters. The topological polar surface area (TPSA) is 68.3 Å². The molecule has 0 saturated carbocycles. The zero-order chi connectivity index (χ0) is 21.5. The molecule has 4 rings (SSSR count). The van der Waals surface area contributed by atoms with Gasteiger partial charge in [-0.3, -0.25) is 0 Å². The quantitative estimate of drug-likeness (QED) is 0.229. The number of halogens is 2. The van der Waals surface area contributed by atoms with E-state index in [0.717, 1.165) is 60.8 Å². The molecule has 0 amide bonds. The first-order valence-corrected chi connectivity index (χ1v) is 11.2. The van der Waals surface area contributed by atoms with E-state index in [4.69, 9.17) is 4.99 Å². The van der Waals surface area contributed by atoms with E-state index >= 15 is 0 Å². The van der Waals surface area contributed by atoms with Crippen LogP contribution in [0.4, 0.5) is 10.2 Å². The van der Waals surface area contributed by atoms with Crippen LogP contribution in [0.2, 0.25) is 0 Å². The number of piperidine rings is 1. The number of pyridine rings is 1. The highest BCUT2D eigenvalue weighted by atomic mass is 127. The van der Waals surface area contributed by atoms with Gasteiger partial charge in [0.1, 0.15) is 11.6 Å². The van der Waals surface area contributed by atoms with Crippen molar-refractivity contribution in [3.63, 3.8) is 0 Å². The van der Waals surface area contributed by atoms with Gasteiger partial charge in [0, 0.05) is 49.5 Å². The first-order chi connectivity index (χ1) is 15.2. The lowest BCUT2D eigenvalue weighted by Gasteiger charge is -2.27. The van der Waals surface area contributed by atoms with Crippen molar-refractivity contribution in [3.8, 4) is 0 Å². The molecule has 2 aromatic heterocycles. The molecule has 0 atom stereocenters. The van der Waals surface area contributed by atoms with Crippen LogP contribution in [0.3, 0.4) is 0 Å². The lowest BCUT2D eigenvalue weighted by Crippen LogP contribution is -2.38. The van der Waals surface area contributed by atoms with Gasteiger partial charge in [-0.25, -0.2) is 14.4 Å². The Hall–Kier alpha value is -2.36. The number of aromatic nitrogens is 2. The summed E-state index contributed by atoms with van der Waals surface area (Å²) < 4.78 is 13.4. The first-order valence-electron chi connectivity index (χ1n) is 11.2. The Balaban J connectivity index is 0.00000289. The smallest absolute Gasteiger partial charge is 0.191 e. The van der Waals surface area contributed by atoms with Gasteiger partial charge in [-0.15, -0.1) is 24.0 Å². The Kier molecular flexibility index (Phi) is 9.13. The maximum absolute atomic E-state index is 13.4. The molecular weight excluding hydrogens is 518 g/mol. The Morgan fingerprint density at radius 2 is 2.00 bits per heavy atom. The van der Waals surface area contributed by atoms with Crippen molar-refractivity contribution in [2.75, 3.05) is 31.1 Å². The minimum atomic E-state index is -0.222. The van der Waals surface area contributed by atoms with E-state index in [1.165, 1.54) is 37.0 Å². The number of H-pyrrole nitrogens is 1. The van der Waals surface area contributed by atoms with Gasteiger partial charge >= 0.3 is 0 Å². The summed E-state index contributed by atoms with van der Waals surface area (Å²) in [5, 5.41) is 7.78. The summed E-state index contributed by atoms with van der Waals surface area (Å²) >= 11 is 0. The molecule has 1 aromatic carbocycles. The van der Waals surface area contributed by atoms with Crippen LogP contribution in [0.1, 0.15) is 37.3 Å². The second kappa shape index (κ2) is 12.0. The third-order valence-electron chi connectivity index (χ3n) is 5.67. The number of hydrogen-bond acceptors (Lipinski definition) is 3. The summed E-state index contributed by atoms with van der Waals surface area (Å²) in [5.74, 6) is 1.63. The highest BCUT2D eigenvalue weighted by Crippen LogP contribution is 2.20. The van der Waals surface area contributed by atoms with Gasteiger partial charge in [0.15, 0.2) is 5.96 Å². The minimum absolute atomic E-state index is 0. The number of aliphatic imine (C=N–C) groups is 1. The van der Waals surface area contributed by atoms with Gasteiger partial charge in [-0.1, -0.05) is 0 Å². The molecule has 3 heterocycles. The average molecular weight is 550 g/mol. The van der Waals surface area contributed by atoms with Crippen LogP contribution in [0.5, 0.6) is 0 Å². The van der Waals surface area contributed by atoms with Gasteiger partial charge in [0.2, 0.25) is 0 Å². The highest BCUT2D eigenvalue weighted by Gasteiger charge is 2.12. The third-order valence-corrected chi connectivity index (χ3v) is 5.67. The molecule has 6 nitrogen and oxygen atoms in total. The zero-order valence-corrected chi connectivity index (χ0v) is 20.9. The number of fused-ring (bicyclic) bond motifs is 1. The lowest BCUT2D eigenvalue weighted by atomic mass is 10.1. The van der Waals surface area contributed by atoms with Gasteiger partial charge < -0.3 is 20.5 Å². The van der Waals surface area contributed by atoms with Crippen LogP contribution in [0, 0.1) is 5.82 Å². The number of anilines is 1. The lowest BCUT2D eigenvalue weighted by molar-refractivity contribution is 0.573. The summed E-state index contributed by atoms with van der Waals surface area (Å²) in [6, 6.07) is 9.06. The van der Waals surface area contributed by atoms with E-state index in [1.807, 2.05) is 24.5 Å². The summed E-state index contributed by atoms with van der Waals surface area (Å²) in [5.41, 5.74) is 3.16. The van der Waals surface area contributed by atoms with Crippen LogP contribution in [0.25, 0.3) is 10.9 Å². The van der Waals surface area contributed by atoms with Gasteiger partial charge in [0.05, 0.1) is 6.54 Å². The van der Waals surface area contributed by atoms with Crippen LogP contribution >= 0.6 is 24.0 Å². The Bertz CT molecular complexity index is 1030. The predicted octanol–water partition coefficient (Wildman–Crippen LogP) is 4.61. The van der Waals surface area contributed by atoms with Gasteiger partial charge in [-0.05, 0) is 74.1 Å². The standard InChI is InChI=1S/C24H31FN6.HI/c1-2-26-24(28-11-9-19-17-29-22-15-20(25)6-7-21(19)22)30-16-18-8-10-27-23(14-18)31-12-4-3-5-13-31;/h6-8,10,14-15,17,29H,2-5,9,11-13,16H2,1H3,(H2,26,28,30);1H. The summed E-state index contributed by atoms with van der Waals surface area (Å²) in [6.07, 6.45) is 8.45. The molecule has 172 valence electrons. The molecule has 3 aromatic rings. The molecule has 1 aliphatic heterocycles. The fraction of sp³-hybridized carbons (Fsp3) is 0.417. The maximum Gasteiger partial charge on any atom is 0.191 e. The molecule has 0 radical (unpaired) electrons. The third kappa shape index (κ3) is 6.34. The number of hydrogen-bond donors (Lipinski definition) is 3. The number of nitrogens with one attached hydrogen (secondary N) is 3. The molecule has 1 aliphatic rings. The number of rotatable bonds is 7. The van der Waals surface area contributed by atoms with Crippen LogP contribution in [-0.2, 0) is 13.0 Å². The highest BCUT2D eigenvalue weighted by molar-refractivity contribution is 14.0. The maximum atomic E-state index is 13.4.